The molecule has 0 bridgehead atoms. The minimum Gasteiger partial charge on any atom is -0.294 e. The maximum atomic E-state index is 10.6. The van der Waals surface area contributed by atoms with Crippen molar-refractivity contribution in [2.45, 2.75) is 6.92 Å². The molecular weight excluding hydrogens is 112 g/mol. The van der Waals surface area contributed by atoms with Crippen LogP contribution >= 0.6 is 0 Å². The molecule has 0 N–H and O–H groups in total. The molecule has 0 saturated carbocycles. The fraction of sp³-hybridized carbons (Fsp3) is 0.125. The van der Waals surface area contributed by atoms with Crippen molar-refractivity contribution in [3.8, 4) is 0 Å². The number of hydrogen-bond donors (Lipinski definition) is 0. The van der Waals surface area contributed by atoms with Crippen LogP contribution in [0.15, 0.2) is 24.3 Å². The predicted molar refractivity (Wildman–Crippen MR) is 35.3 cm³/mol. The Kier molecular flexibility index (Phi) is 1.63. The Morgan fingerprint density at radius 2 is 2.33 bits per heavy atom. The Hall–Kier alpha value is -1.11. The van der Waals surface area contributed by atoms with Gasteiger partial charge in [-0.3, -0.25) is 4.79 Å². The molecule has 0 amide bonds. The first-order valence-corrected chi connectivity index (χ1v) is 2.78. The molecule has 0 spiro atoms. The molecule has 1 heteroatoms. The SMILES string of the molecule is CC(=O)c1[c]cccc1. The summed E-state index contributed by atoms with van der Waals surface area (Å²) in [6.07, 6.45) is 0. The molecule has 45 valence electrons. The van der Waals surface area contributed by atoms with Gasteiger partial charge in [-0.15, -0.1) is 0 Å². The molecule has 0 heterocycles. The van der Waals surface area contributed by atoms with E-state index in [1.807, 2.05) is 12.1 Å². The van der Waals surface area contributed by atoms with Gasteiger partial charge in [-0.25, -0.2) is 0 Å². The van der Waals surface area contributed by atoms with Gasteiger partial charge in [0.2, 0.25) is 0 Å². The van der Waals surface area contributed by atoms with E-state index < -0.39 is 0 Å². The molecule has 0 aliphatic heterocycles. The Morgan fingerprint density at radius 1 is 1.56 bits per heavy atom. The highest BCUT2D eigenvalue weighted by Gasteiger charge is 1.93. The molecule has 1 radical (unpaired) electrons. The number of Topliss-reactive ketones (excluding diaryl/α,β-unsaturated/α-hetero) is 1. The lowest BCUT2D eigenvalue weighted by atomic mass is 10.2. The van der Waals surface area contributed by atoms with Crippen molar-refractivity contribution < 1.29 is 4.79 Å². The summed E-state index contributed by atoms with van der Waals surface area (Å²) in [5.74, 6) is 0.0654. The third-order valence-electron chi connectivity index (χ3n) is 1.09. The second-order valence-electron chi connectivity index (χ2n) is 1.83. The quantitative estimate of drug-likeness (QED) is 0.514. The van der Waals surface area contributed by atoms with Gasteiger partial charge < -0.3 is 0 Å². The molecule has 0 aliphatic carbocycles. The van der Waals surface area contributed by atoms with Crippen LogP contribution in [-0.2, 0) is 0 Å². The Bertz CT molecular complexity index is 201. The number of rotatable bonds is 1. The highest BCUT2D eigenvalue weighted by Crippen LogP contribution is 1.96. The zero-order valence-corrected chi connectivity index (χ0v) is 5.22. The Labute approximate surface area is 54.3 Å². The van der Waals surface area contributed by atoms with Gasteiger partial charge in [-0.05, 0) is 13.0 Å². The third-order valence-corrected chi connectivity index (χ3v) is 1.09. The van der Waals surface area contributed by atoms with Gasteiger partial charge >= 0.3 is 0 Å². The first-order valence-electron chi connectivity index (χ1n) is 2.78. The molecule has 1 aromatic rings. The van der Waals surface area contributed by atoms with Crippen LogP contribution in [0.4, 0.5) is 0 Å². The number of carbonyl (C=O) groups excluding carboxylic acids is 1. The minimum atomic E-state index is 0.0654. The van der Waals surface area contributed by atoms with Crippen molar-refractivity contribution in [2.24, 2.45) is 0 Å². The lowest BCUT2D eigenvalue weighted by Crippen LogP contribution is -1.89. The van der Waals surface area contributed by atoms with E-state index in [-0.39, 0.29) is 5.78 Å². The van der Waals surface area contributed by atoms with E-state index in [9.17, 15) is 4.79 Å². The van der Waals surface area contributed by atoms with E-state index in [0.717, 1.165) is 0 Å². The molecule has 1 aromatic carbocycles. The molecule has 0 saturated heterocycles. The summed E-state index contributed by atoms with van der Waals surface area (Å²) in [5.41, 5.74) is 0.650. The third kappa shape index (κ3) is 1.39. The van der Waals surface area contributed by atoms with Gasteiger partial charge in [-0.2, -0.15) is 0 Å². The summed E-state index contributed by atoms with van der Waals surface area (Å²) >= 11 is 0. The van der Waals surface area contributed by atoms with Crippen LogP contribution < -0.4 is 0 Å². The van der Waals surface area contributed by atoms with E-state index in [1.165, 1.54) is 6.92 Å². The first-order chi connectivity index (χ1) is 4.30. The van der Waals surface area contributed by atoms with Gasteiger partial charge in [-0.1, -0.05) is 24.3 Å². The summed E-state index contributed by atoms with van der Waals surface area (Å²) in [6, 6.07) is 9.97. The molecule has 1 rings (SSSR count). The molecule has 0 aromatic heterocycles. The second kappa shape index (κ2) is 2.44. The van der Waals surface area contributed by atoms with E-state index in [1.54, 1.807) is 12.1 Å². The molecule has 0 unspecified atom stereocenters. The fourth-order valence-electron chi connectivity index (χ4n) is 0.612. The van der Waals surface area contributed by atoms with Crippen molar-refractivity contribution in [1.82, 2.24) is 0 Å². The van der Waals surface area contributed by atoms with Crippen LogP contribution in [0.2, 0.25) is 0 Å². The predicted octanol–water partition coefficient (Wildman–Crippen LogP) is 1.69. The normalized spacial score (nSPS) is 9.00. The van der Waals surface area contributed by atoms with Crippen LogP contribution in [0.3, 0.4) is 0 Å². The summed E-state index contributed by atoms with van der Waals surface area (Å²) < 4.78 is 0. The van der Waals surface area contributed by atoms with Crippen molar-refractivity contribution in [3.05, 3.63) is 35.9 Å². The topological polar surface area (TPSA) is 17.1 Å². The van der Waals surface area contributed by atoms with Crippen LogP contribution in [0.1, 0.15) is 17.3 Å². The standard InChI is InChI=1S/C8H7O/c1-7(9)8-5-3-2-4-6-8/h2-5H,1H3. The van der Waals surface area contributed by atoms with Crippen LogP contribution in [0, 0.1) is 6.07 Å². The van der Waals surface area contributed by atoms with Gasteiger partial charge in [0.25, 0.3) is 0 Å². The van der Waals surface area contributed by atoms with Crippen LogP contribution in [0.25, 0.3) is 0 Å². The van der Waals surface area contributed by atoms with Crippen LogP contribution in [0.5, 0.6) is 0 Å². The highest BCUT2D eigenvalue weighted by molar-refractivity contribution is 5.93. The number of benzene rings is 1. The maximum absolute atomic E-state index is 10.6. The zero-order chi connectivity index (χ0) is 6.69. The molecule has 0 aliphatic rings. The monoisotopic (exact) mass is 119 g/mol. The molecule has 0 atom stereocenters. The molecule has 0 fully saturated rings. The van der Waals surface area contributed by atoms with Crippen molar-refractivity contribution >= 4 is 5.78 Å². The van der Waals surface area contributed by atoms with E-state index in [2.05, 4.69) is 6.07 Å². The lowest BCUT2D eigenvalue weighted by molar-refractivity contribution is 0.101. The van der Waals surface area contributed by atoms with Crippen molar-refractivity contribution in [1.29, 1.82) is 0 Å². The van der Waals surface area contributed by atoms with Gasteiger partial charge in [0.15, 0.2) is 5.78 Å². The van der Waals surface area contributed by atoms with Gasteiger partial charge in [0, 0.05) is 5.56 Å². The molecular formula is C8H7O. The fourth-order valence-corrected chi connectivity index (χ4v) is 0.612. The minimum absolute atomic E-state index is 0.0654. The Morgan fingerprint density at radius 3 is 2.67 bits per heavy atom. The number of carbonyl (C=O) groups is 1. The first kappa shape index (κ1) is 6.02. The Balaban J connectivity index is 2.98. The van der Waals surface area contributed by atoms with Gasteiger partial charge in [0.05, 0.1) is 0 Å². The summed E-state index contributed by atoms with van der Waals surface area (Å²) in [7, 11) is 0. The summed E-state index contributed by atoms with van der Waals surface area (Å²) in [5, 5.41) is 0. The van der Waals surface area contributed by atoms with Crippen molar-refractivity contribution in [3.63, 3.8) is 0 Å². The molecule has 1 nitrogen and oxygen atoms in total. The van der Waals surface area contributed by atoms with Crippen LogP contribution in [-0.4, -0.2) is 5.78 Å². The average Bonchev–Trinajstić information content (AvgIpc) is 1.90. The molecule has 9 heavy (non-hydrogen) atoms. The highest BCUT2D eigenvalue weighted by atomic mass is 16.1. The van der Waals surface area contributed by atoms with E-state index in [0.29, 0.717) is 5.56 Å². The maximum Gasteiger partial charge on any atom is 0.160 e. The smallest absolute Gasteiger partial charge is 0.160 e. The summed E-state index contributed by atoms with van der Waals surface area (Å²) in [6.45, 7) is 1.53. The van der Waals surface area contributed by atoms with Gasteiger partial charge in [0.1, 0.15) is 0 Å². The number of ketones is 1. The van der Waals surface area contributed by atoms with Crippen molar-refractivity contribution in [2.75, 3.05) is 0 Å². The summed E-state index contributed by atoms with van der Waals surface area (Å²) in [4.78, 5) is 10.6. The average molecular weight is 119 g/mol. The largest absolute Gasteiger partial charge is 0.294 e. The lowest BCUT2D eigenvalue weighted by Gasteiger charge is -1.88. The van der Waals surface area contributed by atoms with E-state index >= 15 is 0 Å². The van der Waals surface area contributed by atoms with E-state index in [4.69, 9.17) is 0 Å². The number of hydrogen-bond acceptors (Lipinski definition) is 1. The zero-order valence-electron chi connectivity index (χ0n) is 5.22. The second-order valence-corrected chi connectivity index (χ2v) is 1.83.